The van der Waals surface area contributed by atoms with E-state index < -0.39 is 10.0 Å². The molecule has 0 aromatic carbocycles. The van der Waals surface area contributed by atoms with E-state index in [1.807, 2.05) is 6.92 Å². The van der Waals surface area contributed by atoms with E-state index >= 15 is 0 Å². The van der Waals surface area contributed by atoms with Gasteiger partial charge in [-0.3, -0.25) is 4.72 Å². The standard InChI is InChI=1S/C11H13ClN4O2S/c1-3-16-7-11(14-8(16)2)19(17,18)15-9-4-5-13-10(12)6-9/h4-7H,3H2,1-2H3,(H,13,15). The summed E-state index contributed by atoms with van der Waals surface area (Å²) in [6.07, 6.45) is 2.93. The van der Waals surface area contributed by atoms with Crippen molar-refractivity contribution in [1.82, 2.24) is 14.5 Å². The lowest BCUT2D eigenvalue weighted by Crippen LogP contribution is -2.13. The third-order valence-electron chi connectivity index (χ3n) is 2.55. The number of nitrogens with one attached hydrogen (secondary N) is 1. The van der Waals surface area contributed by atoms with Gasteiger partial charge in [-0.25, -0.2) is 9.97 Å². The summed E-state index contributed by atoms with van der Waals surface area (Å²) in [7, 11) is -3.71. The number of aromatic nitrogens is 3. The van der Waals surface area contributed by atoms with Gasteiger partial charge in [0.15, 0.2) is 5.03 Å². The van der Waals surface area contributed by atoms with Crippen LogP contribution < -0.4 is 4.72 Å². The lowest BCUT2D eigenvalue weighted by Gasteiger charge is -2.05. The normalized spacial score (nSPS) is 11.5. The van der Waals surface area contributed by atoms with Crippen LogP contribution in [0, 0.1) is 6.92 Å². The molecule has 0 saturated carbocycles. The lowest BCUT2D eigenvalue weighted by molar-refractivity contribution is 0.598. The second-order valence-corrected chi connectivity index (χ2v) is 5.90. The topological polar surface area (TPSA) is 76.9 Å². The molecule has 2 aromatic heterocycles. The van der Waals surface area contributed by atoms with E-state index in [1.165, 1.54) is 24.5 Å². The molecule has 0 saturated heterocycles. The molecule has 2 heterocycles. The van der Waals surface area contributed by atoms with Crippen molar-refractivity contribution in [3.8, 4) is 0 Å². The first-order valence-electron chi connectivity index (χ1n) is 5.60. The molecule has 0 atom stereocenters. The first kappa shape index (κ1) is 13.8. The maximum Gasteiger partial charge on any atom is 0.280 e. The molecule has 2 rings (SSSR count). The van der Waals surface area contributed by atoms with E-state index in [0.717, 1.165) is 0 Å². The number of sulfonamides is 1. The van der Waals surface area contributed by atoms with Crippen LogP contribution in [0.25, 0.3) is 0 Å². The van der Waals surface area contributed by atoms with Gasteiger partial charge in [0.2, 0.25) is 0 Å². The van der Waals surface area contributed by atoms with E-state index in [1.54, 1.807) is 11.5 Å². The fraction of sp³-hybridized carbons (Fsp3) is 0.273. The minimum Gasteiger partial charge on any atom is -0.334 e. The van der Waals surface area contributed by atoms with Crippen molar-refractivity contribution in [2.75, 3.05) is 4.72 Å². The Hall–Kier alpha value is -1.60. The number of nitrogens with zero attached hydrogens (tertiary/aromatic N) is 3. The fourth-order valence-corrected chi connectivity index (χ4v) is 2.84. The summed E-state index contributed by atoms with van der Waals surface area (Å²) in [6.45, 7) is 4.34. The molecule has 2 aromatic rings. The molecule has 0 fully saturated rings. The zero-order valence-electron chi connectivity index (χ0n) is 10.5. The van der Waals surface area contributed by atoms with Gasteiger partial charge in [0.25, 0.3) is 10.0 Å². The van der Waals surface area contributed by atoms with Crippen LogP contribution >= 0.6 is 11.6 Å². The summed E-state index contributed by atoms with van der Waals surface area (Å²) >= 11 is 5.71. The third kappa shape index (κ3) is 3.05. The highest BCUT2D eigenvalue weighted by atomic mass is 35.5. The highest BCUT2D eigenvalue weighted by Crippen LogP contribution is 2.17. The van der Waals surface area contributed by atoms with Gasteiger partial charge in [-0.05, 0) is 26.0 Å². The molecule has 0 unspecified atom stereocenters. The average molecular weight is 301 g/mol. The number of imidazole rings is 1. The van der Waals surface area contributed by atoms with Crippen molar-refractivity contribution < 1.29 is 8.42 Å². The maximum absolute atomic E-state index is 12.1. The molecule has 0 aliphatic heterocycles. The second kappa shape index (κ2) is 5.18. The average Bonchev–Trinajstić information content (AvgIpc) is 2.71. The molecular weight excluding hydrogens is 288 g/mol. The number of anilines is 1. The summed E-state index contributed by atoms with van der Waals surface area (Å²) < 4.78 is 28.5. The van der Waals surface area contributed by atoms with Gasteiger partial charge in [0.05, 0.1) is 5.69 Å². The molecule has 1 N–H and O–H groups in total. The molecule has 19 heavy (non-hydrogen) atoms. The Labute approximate surface area is 116 Å². The van der Waals surface area contributed by atoms with Crippen LogP contribution in [0.15, 0.2) is 29.6 Å². The van der Waals surface area contributed by atoms with Crippen LogP contribution in [0.3, 0.4) is 0 Å². The van der Waals surface area contributed by atoms with E-state index in [9.17, 15) is 8.42 Å². The lowest BCUT2D eigenvalue weighted by atomic mass is 10.4. The monoisotopic (exact) mass is 300 g/mol. The minimum absolute atomic E-state index is 0.0141. The Balaban J connectivity index is 2.32. The van der Waals surface area contributed by atoms with Gasteiger partial charge in [-0.15, -0.1) is 0 Å². The Kier molecular flexibility index (Phi) is 3.77. The molecule has 6 nitrogen and oxygen atoms in total. The van der Waals surface area contributed by atoms with Crippen molar-refractivity contribution in [2.24, 2.45) is 0 Å². The zero-order chi connectivity index (χ0) is 14.0. The van der Waals surface area contributed by atoms with Crippen molar-refractivity contribution in [2.45, 2.75) is 25.4 Å². The van der Waals surface area contributed by atoms with Crippen LogP contribution in [0.4, 0.5) is 5.69 Å². The van der Waals surface area contributed by atoms with Gasteiger partial charge in [-0.1, -0.05) is 11.6 Å². The van der Waals surface area contributed by atoms with Gasteiger partial charge in [0.1, 0.15) is 11.0 Å². The Bertz CT molecular complexity index is 696. The number of hydrogen-bond donors (Lipinski definition) is 1. The maximum atomic E-state index is 12.1. The van der Waals surface area contributed by atoms with Crippen molar-refractivity contribution >= 4 is 27.3 Å². The van der Waals surface area contributed by atoms with Crippen LogP contribution in [0.5, 0.6) is 0 Å². The number of rotatable bonds is 4. The van der Waals surface area contributed by atoms with E-state index in [4.69, 9.17) is 11.6 Å². The largest absolute Gasteiger partial charge is 0.334 e. The molecule has 0 amide bonds. The van der Waals surface area contributed by atoms with Gasteiger partial charge in [0, 0.05) is 18.9 Å². The summed E-state index contributed by atoms with van der Waals surface area (Å²) in [5, 5.41) is 0.204. The smallest absolute Gasteiger partial charge is 0.280 e. The second-order valence-electron chi connectivity index (χ2n) is 3.89. The van der Waals surface area contributed by atoms with E-state index in [0.29, 0.717) is 18.1 Å². The van der Waals surface area contributed by atoms with Gasteiger partial charge < -0.3 is 4.57 Å². The number of aryl methyl sites for hydroxylation is 2. The molecule has 0 spiro atoms. The molecule has 0 radical (unpaired) electrons. The number of pyridine rings is 1. The van der Waals surface area contributed by atoms with E-state index in [-0.39, 0.29) is 10.2 Å². The summed E-state index contributed by atoms with van der Waals surface area (Å²) in [5.74, 6) is 0.649. The summed E-state index contributed by atoms with van der Waals surface area (Å²) in [5.41, 5.74) is 0.351. The molecule has 8 heteroatoms. The third-order valence-corrected chi connectivity index (χ3v) is 4.01. The predicted octanol–water partition coefficient (Wildman–Crippen LogP) is 2.06. The van der Waals surface area contributed by atoms with Crippen LogP contribution in [0.1, 0.15) is 12.7 Å². The van der Waals surface area contributed by atoms with E-state index in [2.05, 4.69) is 14.7 Å². The Morgan fingerprint density at radius 2 is 2.21 bits per heavy atom. The quantitative estimate of drug-likeness (QED) is 0.877. The molecule has 0 aliphatic carbocycles. The molecule has 0 bridgehead atoms. The summed E-state index contributed by atoms with van der Waals surface area (Å²) in [6, 6.07) is 2.95. The first-order valence-corrected chi connectivity index (χ1v) is 7.46. The van der Waals surface area contributed by atoms with Crippen molar-refractivity contribution in [3.63, 3.8) is 0 Å². The highest BCUT2D eigenvalue weighted by molar-refractivity contribution is 7.92. The SMILES string of the molecule is CCn1cc(S(=O)(=O)Nc2ccnc(Cl)c2)nc1C. The highest BCUT2D eigenvalue weighted by Gasteiger charge is 2.19. The van der Waals surface area contributed by atoms with Crippen LogP contribution in [-0.4, -0.2) is 23.0 Å². The first-order chi connectivity index (χ1) is 8.92. The number of halogens is 1. The molecular formula is C11H13ClN4O2S. The Morgan fingerprint density at radius 1 is 1.47 bits per heavy atom. The fourth-order valence-electron chi connectivity index (χ4n) is 1.60. The predicted molar refractivity (Wildman–Crippen MR) is 72.7 cm³/mol. The summed E-state index contributed by atoms with van der Waals surface area (Å²) in [4.78, 5) is 7.82. The van der Waals surface area contributed by atoms with Gasteiger partial charge >= 0.3 is 0 Å². The van der Waals surface area contributed by atoms with Crippen LogP contribution in [0.2, 0.25) is 5.15 Å². The van der Waals surface area contributed by atoms with Gasteiger partial charge in [-0.2, -0.15) is 8.42 Å². The van der Waals surface area contributed by atoms with Crippen LogP contribution in [-0.2, 0) is 16.6 Å². The zero-order valence-corrected chi connectivity index (χ0v) is 12.0. The molecule has 102 valence electrons. The minimum atomic E-state index is -3.71. The van der Waals surface area contributed by atoms with Crippen molar-refractivity contribution in [1.29, 1.82) is 0 Å². The van der Waals surface area contributed by atoms with Crippen molar-refractivity contribution in [3.05, 3.63) is 35.5 Å². The number of hydrogen-bond acceptors (Lipinski definition) is 4. The Morgan fingerprint density at radius 3 is 2.79 bits per heavy atom. The molecule has 0 aliphatic rings.